The molecular formula is C20H29N5O4S. The summed E-state index contributed by atoms with van der Waals surface area (Å²) >= 11 is 1.57. The Hall–Kier alpha value is -2.33. The van der Waals surface area contributed by atoms with Gasteiger partial charge in [-0.15, -0.1) is 5.10 Å². The molecule has 3 rings (SSSR count). The predicted octanol–water partition coefficient (Wildman–Crippen LogP) is 2.70. The number of benzene rings is 1. The Morgan fingerprint density at radius 3 is 2.67 bits per heavy atom. The van der Waals surface area contributed by atoms with E-state index < -0.39 is 0 Å². The number of carbonyl (C=O) groups excluding carboxylic acids is 1. The molecule has 0 unspecified atom stereocenters. The van der Waals surface area contributed by atoms with E-state index in [9.17, 15) is 9.90 Å². The number of aliphatic hydroxyl groups excluding tert-OH is 1. The number of carbonyl (C=O) groups is 1. The second-order valence-electron chi connectivity index (χ2n) is 7.31. The Morgan fingerprint density at radius 2 is 1.97 bits per heavy atom. The zero-order chi connectivity index (χ0) is 21.5. The summed E-state index contributed by atoms with van der Waals surface area (Å²) in [5.74, 6) is 2.00. The lowest BCUT2D eigenvalue weighted by Crippen LogP contribution is -2.26. The van der Waals surface area contributed by atoms with E-state index in [1.54, 1.807) is 50.1 Å². The van der Waals surface area contributed by atoms with Crippen molar-refractivity contribution in [3.8, 4) is 11.5 Å². The maximum atomic E-state index is 12.6. The fourth-order valence-electron chi connectivity index (χ4n) is 3.54. The van der Waals surface area contributed by atoms with Crippen LogP contribution < -0.4 is 14.4 Å². The van der Waals surface area contributed by atoms with Crippen LogP contribution in [0.4, 0.5) is 5.69 Å². The van der Waals surface area contributed by atoms with Crippen molar-refractivity contribution in [2.75, 3.05) is 31.9 Å². The lowest BCUT2D eigenvalue weighted by molar-refractivity contribution is -0.118. The number of rotatable bonds is 9. The number of nitrogens with zero attached hydrogens (tertiary/aromatic N) is 5. The van der Waals surface area contributed by atoms with Gasteiger partial charge in [-0.25, -0.2) is 4.68 Å². The summed E-state index contributed by atoms with van der Waals surface area (Å²) in [6.45, 7) is 0. The highest BCUT2D eigenvalue weighted by Gasteiger charge is 2.24. The quantitative estimate of drug-likeness (QED) is 0.474. The van der Waals surface area contributed by atoms with E-state index in [1.807, 2.05) is 10.7 Å². The highest BCUT2D eigenvalue weighted by atomic mass is 32.2. The summed E-state index contributed by atoms with van der Waals surface area (Å²) in [5.41, 5.74) is 0.758. The molecule has 0 aliphatic heterocycles. The summed E-state index contributed by atoms with van der Waals surface area (Å²) in [6.07, 6.45) is 4.27. The van der Waals surface area contributed by atoms with Crippen LogP contribution in [0.1, 0.15) is 44.6 Å². The van der Waals surface area contributed by atoms with Gasteiger partial charge in [-0.3, -0.25) is 4.79 Å². The molecule has 1 N–H and O–H groups in total. The topological polar surface area (TPSA) is 103 Å². The number of hydrogen-bond acceptors (Lipinski definition) is 8. The van der Waals surface area contributed by atoms with Crippen molar-refractivity contribution in [2.24, 2.45) is 0 Å². The van der Waals surface area contributed by atoms with Crippen LogP contribution in [0.2, 0.25) is 0 Å². The highest BCUT2D eigenvalue weighted by molar-refractivity contribution is 7.99. The van der Waals surface area contributed by atoms with E-state index in [0.717, 1.165) is 48.7 Å². The Bertz CT molecular complexity index is 838. The van der Waals surface area contributed by atoms with Crippen molar-refractivity contribution in [3.63, 3.8) is 0 Å². The van der Waals surface area contributed by atoms with Gasteiger partial charge in [0.15, 0.2) is 11.5 Å². The van der Waals surface area contributed by atoms with Crippen LogP contribution in [0.15, 0.2) is 23.4 Å². The third kappa shape index (κ3) is 5.42. The van der Waals surface area contributed by atoms with Gasteiger partial charge in [-0.1, -0.05) is 11.8 Å². The summed E-state index contributed by atoms with van der Waals surface area (Å²) in [6, 6.07) is 5.66. The first kappa shape index (κ1) is 22.4. The number of aliphatic hydroxyl groups is 1. The number of anilines is 1. The second kappa shape index (κ2) is 10.6. The van der Waals surface area contributed by atoms with E-state index in [-0.39, 0.29) is 18.1 Å². The van der Waals surface area contributed by atoms with Crippen molar-refractivity contribution in [3.05, 3.63) is 18.2 Å². The fraction of sp³-hybridized carbons (Fsp3) is 0.600. The van der Waals surface area contributed by atoms with Crippen LogP contribution >= 0.6 is 11.8 Å². The van der Waals surface area contributed by atoms with Gasteiger partial charge in [0.05, 0.1) is 26.4 Å². The lowest BCUT2D eigenvalue weighted by Gasteiger charge is -2.25. The largest absolute Gasteiger partial charge is 0.493 e. The molecule has 1 aromatic heterocycles. The normalized spacial score (nSPS) is 18.8. The Balaban J connectivity index is 1.48. The molecule has 164 valence electrons. The molecule has 0 spiro atoms. The monoisotopic (exact) mass is 435 g/mol. The lowest BCUT2D eigenvalue weighted by atomic mass is 9.93. The third-order valence-corrected chi connectivity index (χ3v) is 6.39. The number of ether oxygens (including phenoxy) is 2. The molecule has 10 heteroatoms. The van der Waals surface area contributed by atoms with Crippen LogP contribution in [0.3, 0.4) is 0 Å². The van der Waals surface area contributed by atoms with E-state index >= 15 is 0 Å². The first-order chi connectivity index (χ1) is 14.5. The average molecular weight is 436 g/mol. The zero-order valence-electron chi connectivity index (χ0n) is 17.7. The van der Waals surface area contributed by atoms with E-state index in [0.29, 0.717) is 17.9 Å². The fourth-order valence-corrected chi connectivity index (χ4v) is 4.43. The number of amides is 1. The molecule has 0 bridgehead atoms. The molecule has 1 aromatic carbocycles. The molecule has 0 radical (unpaired) electrons. The van der Waals surface area contributed by atoms with Gasteiger partial charge in [-0.2, -0.15) is 0 Å². The molecule has 1 amide bonds. The molecular weight excluding hydrogens is 406 g/mol. The summed E-state index contributed by atoms with van der Waals surface area (Å²) < 4.78 is 12.4. The standard InChI is InChI=1S/C20H29N5O4S/c1-24(15-8-11-17(28-2)18(13-15)29-3)19(27)5-4-12-30-20-21-22-23-25(20)14-6-9-16(26)10-7-14/h8,11,13-14,16,26H,4-7,9-10,12H2,1-3H3. The molecule has 1 aliphatic carbocycles. The van der Waals surface area contributed by atoms with Crippen molar-refractivity contribution >= 4 is 23.4 Å². The number of tetrazole rings is 1. The summed E-state index contributed by atoms with van der Waals surface area (Å²) in [4.78, 5) is 14.2. The molecule has 1 fully saturated rings. The zero-order valence-corrected chi connectivity index (χ0v) is 18.5. The second-order valence-corrected chi connectivity index (χ2v) is 8.37. The first-order valence-electron chi connectivity index (χ1n) is 10.1. The van der Waals surface area contributed by atoms with Crippen molar-refractivity contribution in [1.82, 2.24) is 20.2 Å². The summed E-state index contributed by atoms with van der Waals surface area (Å²) in [7, 11) is 4.91. The van der Waals surface area contributed by atoms with E-state index in [1.165, 1.54) is 0 Å². The molecule has 9 nitrogen and oxygen atoms in total. The van der Waals surface area contributed by atoms with Crippen LogP contribution in [0, 0.1) is 0 Å². The molecule has 1 saturated carbocycles. The molecule has 1 heterocycles. The van der Waals surface area contributed by atoms with Gasteiger partial charge >= 0.3 is 0 Å². The van der Waals surface area contributed by atoms with E-state index in [4.69, 9.17) is 9.47 Å². The number of thioether (sulfide) groups is 1. The van der Waals surface area contributed by atoms with Gasteiger partial charge in [-0.05, 0) is 54.7 Å². The van der Waals surface area contributed by atoms with Crippen molar-refractivity contribution in [2.45, 2.75) is 55.8 Å². The van der Waals surface area contributed by atoms with Gasteiger partial charge in [0.25, 0.3) is 0 Å². The summed E-state index contributed by atoms with van der Waals surface area (Å²) in [5, 5.41) is 22.5. The first-order valence-corrected chi connectivity index (χ1v) is 11.1. The van der Waals surface area contributed by atoms with Gasteiger partial charge < -0.3 is 19.5 Å². The molecule has 0 saturated heterocycles. The Labute approximate surface area is 180 Å². The minimum absolute atomic E-state index is 0.0312. The maximum absolute atomic E-state index is 12.6. The van der Waals surface area contributed by atoms with Crippen LogP contribution in [-0.2, 0) is 4.79 Å². The highest BCUT2D eigenvalue weighted by Crippen LogP contribution is 2.32. The van der Waals surface area contributed by atoms with Gasteiger partial charge in [0.2, 0.25) is 11.1 Å². The average Bonchev–Trinajstić information content (AvgIpc) is 3.24. The third-order valence-electron chi connectivity index (χ3n) is 5.37. The minimum Gasteiger partial charge on any atom is -0.493 e. The number of hydrogen-bond donors (Lipinski definition) is 1. The van der Waals surface area contributed by atoms with Crippen LogP contribution in [-0.4, -0.2) is 64.3 Å². The molecule has 30 heavy (non-hydrogen) atoms. The molecule has 2 aromatic rings. The SMILES string of the molecule is COc1ccc(N(C)C(=O)CCCSc2nnnn2C2CCC(O)CC2)cc1OC. The van der Waals surface area contributed by atoms with Crippen molar-refractivity contribution in [1.29, 1.82) is 0 Å². The predicted molar refractivity (Wildman–Crippen MR) is 114 cm³/mol. The maximum Gasteiger partial charge on any atom is 0.226 e. The molecule has 1 aliphatic rings. The minimum atomic E-state index is -0.206. The smallest absolute Gasteiger partial charge is 0.226 e. The number of aromatic nitrogens is 4. The Kier molecular flexibility index (Phi) is 7.92. The van der Waals surface area contributed by atoms with Crippen LogP contribution in [0.5, 0.6) is 11.5 Å². The van der Waals surface area contributed by atoms with Gasteiger partial charge in [0.1, 0.15) is 0 Å². The van der Waals surface area contributed by atoms with Crippen LogP contribution in [0.25, 0.3) is 0 Å². The number of methoxy groups -OCH3 is 2. The van der Waals surface area contributed by atoms with Crippen molar-refractivity contribution < 1.29 is 19.4 Å². The molecule has 0 atom stereocenters. The Morgan fingerprint density at radius 1 is 1.23 bits per heavy atom. The van der Waals surface area contributed by atoms with E-state index in [2.05, 4.69) is 15.5 Å². The van der Waals surface area contributed by atoms with Gasteiger partial charge in [0, 0.05) is 31.0 Å².